The summed E-state index contributed by atoms with van der Waals surface area (Å²) < 4.78 is 10.8. The zero-order valence-corrected chi connectivity index (χ0v) is 26.5. The molecule has 12 heteroatoms. The van der Waals surface area contributed by atoms with Gasteiger partial charge in [0.15, 0.2) is 6.10 Å². The summed E-state index contributed by atoms with van der Waals surface area (Å²) in [7, 11) is 3.03. The van der Waals surface area contributed by atoms with Gasteiger partial charge in [0, 0.05) is 20.6 Å². The van der Waals surface area contributed by atoms with E-state index in [2.05, 4.69) is 10.6 Å². The maximum atomic E-state index is 13.6. The highest BCUT2D eigenvalue weighted by atomic mass is 16.6. The number of rotatable bonds is 12. The van der Waals surface area contributed by atoms with Crippen LogP contribution in [-0.2, 0) is 41.7 Å². The minimum absolute atomic E-state index is 0.0528. The summed E-state index contributed by atoms with van der Waals surface area (Å²) in [6.45, 7) is 5.38. The van der Waals surface area contributed by atoms with Crippen molar-refractivity contribution in [1.82, 2.24) is 20.4 Å². The van der Waals surface area contributed by atoms with Crippen LogP contribution in [0.5, 0.6) is 0 Å². The highest BCUT2D eigenvalue weighted by Crippen LogP contribution is 2.23. The second-order valence-electron chi connectivity index (χ2n) is 12.2. The molecule has 4 amide bonds. The largest absolute Gasteiger partial charge is 0.458 e. The molecule has 0 radical (unpaired) electrons. The zero-order chi connectivity index (χ0) is 33.1. The number of aliphatic hydroxyl groups is 1. The molecule has 0 spiro atoms. The Morgan fingerprint density at radius 3 is 2.13 bits per heavy atom. The third kappa shape index (κ3) is 10.9. The highest BCUT2D eigenvalue weighted by Gasteiger charge is 2.41. The molecule has 45 heavy (non-hydrogen) atoms. The molecule has 1 saturated heterocycles. The molecule has 3 rings (SSSR count). The van der Waals surface area contributed by atoms with Crippen LogP contribution in [0.3, 0.4) is 0 Å². The number of ether oxygens (including phenoxy) is 2. The lowest BCUT2D eigenvalue weighted by Crippen LogP contribution is -2.58. The number of alkyl carbamates (subject to hydrolysis) is 1. The van der Waals surface area contributed by atoms with Gasteiger partial charge < -0.3 is 35.0 Å². The van der Waals surface area contributed by atoms with E-state index in [-0.39, 0.29) is 19.6 Å². The quantitative estimate of drug-likeness (QED) is 0.304. The molecule has 0 saturated carbocycles. The molecule has 0 bridgehead atoms. The highest BCUT2D eigenvalue weighted by molar-refractivity contribution is 5.92. The van der Waals surface area contributed by atoms with Gasteiger partial charge >= 0.3 is 12.1 Å². The fourth-order valence-corrected chi connectivity index (χ4v) is 4.85. The minimum atomic E-state index is -1.74. The summed E-state index contributed by atoms with van der Waals surface area (Å²) in [5.74, 6) is -2.53. The van der Waals surface area contributed by atoms with Gasteiger partial charge in [0.05, 0.1) is 12.5 Å². The Morgan fingerprint density at radius 1 is 0.956 bits per heavy atom. The van der Waals surface area contributed by atoms with Crippen molar-refractivity contribution < 1.29 is 38.6 Å². The van der Waals surface area contributed by atoms with Crippen molar-refractivity contribution in [1.29, 1.82) is 0 Å². The first-order valence-corrected chi connectivity index (χ1v) is 15.0. The summed E-state index contributed by atoms with van der Waals surface area (Å²) >= 11 is 0. The van der Waals surface area contributed by atoms with Gasteiger partial charge in [-0.25, -0.2) is 9.59 Å². The Bertz CT molecular complexity index is 1310. The first kappa shape index (κ1) is 35.0. The normalized spacial score (nSPS) is 16.6. The lowest BCUT2D eigenvalue weighted by atomic mass is 9.99. The van der Waals surface area contributed by atoms with Gasteiger partial charge in [-0.15, -0.1) is 0 Å². The van der Waals surface area contributed by atoms with Crippen LogP contribution in [0.25, 0.3) is 0 Å². The van der Waals surface area contributed by atoms with Crippen LogP contribution in [0.2, 0.25) is 0 Å². The van der Waals surface area contributed by atoms with Crippen molar-refractivity contribution in [2.75, 3.05) is 20.6 Å². The van der Waals surface area contributed by atoms with Gasteiger partial charge in [-0.2, -0.15) is 0 Å². The van der Waals surface area contributed by atoms with E-state index < -0.39 is 66.0 Å². The van der Waals surface area contributed by atoms with Crippen molar-refractivity contribution >= 4 is 29.8 Å². The molecule has 4 atom stereocenters. The molecule has 1 aliphatic rings. The average molecular weight is 625 g/mol. The van der Waals surface area contributed by atoms with Gasteiger partial charge in [-0.3, -0.25) is 14.4 Å². The third-order valence-corrected chi connectivity index (χ3v) is 7.17. The van der Waals surface area contributed by atoms with E-state index in [1.54, 1.807) is 69.3 Å². The monoisotopic (exact) mass is 624 g/mol. The SMILES string of the molecule is CN(C)C(=O)C[C@H](NC(=O)OCc1ccccc1)C(=O)N[C@@H](Cc1ccccc1)C(O)C(=O)N1CCC[C@H]1C(=O)OC(C)(C)C. The number of nitrogens with zero attached hydrogens (tertiary/aromatic N) is 2. The first-order chi connectivity index (χ1) is 21.2. The fraction of sp³-hybridized carbons (Fsp3) is 0.485. The lowest BCUT2D eigenvalue weighted by Gasteiger charge is -2.32. The Balaban J connectivity index is 1.80. The maximum Gasteiger partial charge on any atom is 0.408 e. The van der Waals surface area contributed by atoms with Gasteiger partial charge in [0.1, 0.15) is 24.3 Å². The minimum Gasteiger partial charge on any atom is -0.458 e. The van der Waals surface area contributed by atoms with Crippen LogP contribution in [0.1, 0.15) is 51.2 Å². The van der Waals surface area contributed by atoms with Crippen molar-refractivity contribution in [2.45, 2.75) is 82.9 Å². The average Bonchev–Trinajstić information content (AvgIpc) is 3.49. The Morgan fingerprint density at radius 2 is 1.56 bits per heavy atom. The van der Waals surface area contributed by atoms with E-state index in [0.29, 0.717) is 12.8 Å². The number of nitrogens with one attached hydrogen (secondary N) is 2. The number of benzene rings is 2. The lowest BCUT2D eigenvalue weighted by molar-refractivity contribution is -0.165. The Labute approximate surface area is 264 Å². The molecular weight excluding hydrogens is 580 g/mol. The predicted octanol–water partition coefficient (Wildman–Crippen LogP) is 2.18. The van der Waals surface area contributed by atoms with E-state index in [0.717, 1.165) is 11.1 Å². The number of esters is 1. The number of aliphatic hydroxyl groups excluding tert-OH is 1. The summed E-state index contributed by atoms with van der Waals surface area (Å²) in [6, 6.07) is 14.5. The molecule has 3 N–H and O–H groups in total. The van der Waals surface area contributed by atoms with Crippen molar-refractivity contribution in [2.24, 2.45) is 0 Å². The van der Waals surface area contributed by atoms with E-state index in [1.165, 1.54) is 23.9 Å². The number of carbonyl (C=O) groups excluding carboxylic acids is 5. The van der Waals surface area contributed by atoms with Crippen LogP contribution in [0, 0.1) is 0 Å². The molecular formula is C33H44N4O8. The number of likely N-dealkylation sites (tertiary alicyclic amines) is 1. The summed E-state index contributed by atoms with van der Waals surface area (Å²) in [4.78, 5) is 68.0. The predicted molar refractivity (Wildman–Crippen MR) is 166 cm³/mol. The van der Waals surface area contributed by atoms with Gasteiger partial charge in [0.25, 0.3) is 5.91 Å². The smallest absolute Gasteiger partial charge is 0.408 e. The first-order valence-electron chi connectivity index (χ1n) is 15.0. The molecule has 2 aromatic rings. The number of amides is 4. The number of carbonyl (C=O) groups is 5. The second-order valence-corrected chi connectivity index (χ2v) is 12.2. The van der Waals surface area contributed by atoms with Gasteiger partial charge in [-0.1, -0.05) is 60.7 Å². The Kier molecular flexibility index (Phi) is 12.5. The summed E-state index contributed by atoms with van der Waals surface area (Å²) in [5, 5.41) is 16.5. The van der Waals surface area contributed by atoms with Crippen LogP contribution >= 0.6 is 0 Å². The topological polar surface area (TPSA) is 155 Å². The van der Waals surface area contributed by atoms with E-state index in [9.17, 15) is 29.1 Å². The molecule has 0 aromatic heterocycles. The fourth-order valence-electron chi connectivity index (χ4n) is 4.85. The standard InChI is InChI=1S/C33H44N4O8/c1-33(2,3)45-31(42)26-17-12-18-37(26)30(41)28(39)24(19-22-13-8-6-9-14-22)34-29(40)25(20-27(38)36(4)5)35-32(43)44-21-23-15-10-7-11-16-23/h6-11,13-16,24-26,28,39H,12,17-21H2,1-5H3,(H,34,40)(H,35,43)/t24-,25-,26-,28?/m0/s1. The maximum absolute atomic E-state index is 13.6. The molecule has 12 nitrogen and oxygen atoms in total. The number of hydrogen-bond donors (Lipinski definition) is 3. The molecule has 0 aliphatic carbocycles. The third-order valence-electron chi connectivity index (χ3n) is 7.17. The summed E-state index contributed by atoms with van der Waals surface area (Å²) in [5.41, 5.74) is 0.690. The molecule has 1 aliphatic heterocycles. The Hall–Kier alpha value is -4.45. The van der Waals surface area contributed by atoms with Crippen LogP contribution in [0.15, 0.2) is 60.7 Å². The summed E-state index contributed by atoms with van der Waals surface area (Å²) in [6.07, 6.45) is -2.08. The van der Waals surface area contributed by atoms with Crippen molar-refractivity contribution in [3.63, 3.8) is 0 Å². The zero-order valence-electron chi connectivity index (χ0n) is 26.5. The van der Waals surface area contributed by atoms with Crippen LogP contribution in [0.4, 0.5) is 4.79 Å². The molecule has 1 unspecified atom stereocenters. The van der Waals surface area contributed by atoms with Gasteiger partial charge in [0.2, 0.25) is 11.8 Å². The molecule has 2 aromatic carbocycles. The van der Waals surface area contributed by atoms with Gasteiger partial charge in [-0.05, 0) is 51.2 Å². The second kappa shape index (κ2) is 16.0. The van der Waals surface area contributed by atoms with E-state index >= 15 is 0 Å². The van der Waals surface area contributed by atoms with Crippen molar-refractivity contribution in [3.8, 4) is 0 Å². The van der Waals surface area contributed by atoms with E-state index in [1.807, 2.05) is 12.1 Å². The molecule has 1 fully saturated rings. The van der Waals surface area contributed by atoms with Crippen LogP contribution < -0.4 is 10.6 Å². The van der Waals surface area contributed by atoms with Crippen molar-refractivity contribution in [3.05, 3.63) is 71.8 Å². The molecule has 1 heterocycles. The van der Waals surface area contributed by atoms with Crippen LogP contribution in [-0.4, -0.2) is 95.2 Å². The van der Waals surface area contributed by atoms with E-state index in [4.69, 9.17) is 9.47 Å². The number of hydrogen-bond acceptors (Lipinski definition) is 8. The molecule has 244 valence electrons.